The molecule has 0 unspecified atom stereocenters. The molecule has 0 saturated carbocycles. The zero-order valence-electron chi connectivity index (χ0n) is 12.3. The summed E-state index contributed by atoms with van der Waals surface area (Å²) < 4.78 is 19.8. The Morgan fingerprint density at radius 2 is 2.05 bits per heavy atom. The lowest BCUT2D eigenvalue weighted by atomic mass is 10.1. The van der Waals surface area contributed by atoms with Gasteiger partial charge in [0, 0.05) is 23.9 Å². The van der Waals surface area contributed by atoms with Crippen LogP contribution < -0.4 is 10.1 Å². The first-order valence-electron chi connectivity index (χ1n) is 6.82. The van der Waals surface area contributed by atoms with E-state index < -0.39 is 0 Å². The number of aryl methyl sites for hydroxylation is 2. The third-order valence-corrected chi connectivity index (χ3v) is 3.74. The first-order chi connectivity index (χ1) is 10.0. The molecule has 2 aromatic rings. The minimum Gasteiger partial charge on any atom is -0.439 e. The van der Waals surface area contributed by atoms with Crippen LogP contribution in [0.5, 0.6) is 11.6 Å². The van der Waals surface area contributed by atoms with Crippen LogP contribution in [0.2, 0.25) is 0 Å². The summed E-state index contributed by atoms with van der Waals surface area (Å²) in [6, 6.07) is 6.70. The van der Waals surface area contributed by atoms with Crippen LogP contribution in [0.1, 0.15) is 23.7 Å². The van der Waals surface area contributed by atoms with E-state index in [1.54, 1.807) is 12.1 Å². The number of halogens is 2. The van der Waals surface area contributed by atoms with Crippen molar-refractivity contribution in [1.82, 2.24) is 10.3 Å². The highest BCUT2D eigenvalue weighted by molar-refractivity contribution is 9.10. The Bertz CT molecular complexity index is 646. The highest BCUT2D eigenvalue weighted by Gasteiger charge is 2.12. The van der Waals surface area contributed by atoms with Gasteiger partial charge >= 0.3 is 0 Å². The van der Waals surface area contributed by atoms with Crippen molar-refractivity contribution in [3.63, 3.8) is 0 Å². The molecule has 2 rings (SSSR count). The van der Waals surface area contributed by atoms with Crippen molar-refractivity contribution in [2.75, 3.05) is 6.54 Å². The van der Waals surface area contributed by atoms with Crippen molar-refractivity contribution in [3.8, 4) is 11.6 Å². The fourth-order valence-electron chi connectivity index (χ4n) is 2.03. The number of hydrogen-bond acceptors (Lipinski definition) is 3. The Hall–Kier alpha value is -1.46. The molecule has 0 atom stereocenters. The Balaban J connectivity index is 2.35. The third kappa shape index (κ3) is 4.02. The second-order valence-electron chi connectivity index (χ2n) is 4.82. The van der Waals surface area contributed by atoms with Gasteiger partial charge in [-0.2, -0.15) is 0 Å². The summed E-state index contributed by atoms with van der Waals surface area (Å²) in [5.74, 6) is 0.603. The predicted octanol–water partition coefficient (Wildman–Crippen LogP) is 4.50. The van der Waals surface area contributed by atoms with Gasteiger partial charge in [-0.15, -0.1) is 0 Å². The molecule has 0 spiro atoms. The second kappa shape index (κ2) is 7.00. The fourth-order valence-corrected chi connectivity index (χ4v) is 2.28. The van der Waals surface area contributed by atoms with Crippen LogP contribution in [0.25, 0.3) is 0 Å². The van der Waals surface area contributed by atoms with Gasteiger partial charge in [-0.05, 0) is 60.1 Å². The lowest BCUT2D eigenvalue weighted by molar-refractivity contribution is 0.446. The Kier molecular flexibility index (Phi) is 5.31. The van der Waals surface area contributed by atoms with Crippen molar-refractivity contribution in [3.05, 3.63) is 51.4 Å². The molecule has 1 aromatic carbocycles. The zero-order valence-corrected chi connectivity index (χ0v) is 13.9. The van der Waals surface area contributed by atoms with Gasteiger partial charge in [0.25, 0.3) is 0 Å². The summed E-state index contributed by atoms with van der Waals surface area (Å²) in [4.78, 5) is 4.44. The average molecular weight is 353 g/mol. The zero-order chi connectivity index (χ0) is 15.4. The van der Waals surface area contributed by atoms with Gasteiger partial charge in [0.05, 0.1) is 4.47 Å². The molecule has 0 aliphatic heterocycles. The summed E-state index contributed by atoms with van der Waals surface area (Å²) >= 11 is 3.13. The molecule has 3 nitrogen and oxygen atoms in total. The summed E-state index contributed by atoms with van der Waals surface area (Å²) in [6.45, 7) is 7.51. The first-order valence-corrected chi connectivity index (χ1v) is 7.61. The van der Waals surface area contributed by atoms with Crippen LogP contribution in [-0.4, -0.2) is 11.5 Å². The normalized spacial score (nSPS) is 10.7. The van der Waals surface area contributed by atoms with Crippen LogP contribution in [0.3, 0.4) is 0 Å². The van der Waals surface area contributed by atoms with Crippen LogP contribution in [0.15, 0.2) is 28.7 Å². The molecule has 0 aliphatic rings. The van der Waals surface area contributed by atoms with E-state index in [0.717, 1.165) is 23.4 Å². The number of nitrogens with zero attached hydrogens (tertiary/aromatic N) is 1. The molecule has 0 amide bonds. The van der Waals surface area contributed by atoms with Crippen LogP contribution >= 0.6 is 15.9 Å². The number of ether oxygens (including phenoxy) is 1. The first kappa shape index (κ1) is 15.9. The monoisotopic (exact) mass is 352 g/mol. The maximum Gasteiger partial charge on any atom is 0.224 e. The summed E-state index contributed by atoms with van der Waals surface area (Å²) in [6.07, 6.45) is 0. The molecular weight excluding hydrogens is 335 g/mol. The number of nitrogens with one attached hydrogen (secondary N) is 1. The highest BCUT2D eigenvalue weighted by Crippen LogP contribution is 2.28. The number of benzene rings is 1. The van der Waals surface area contributed by atoms with E-state index in [4.69, 9.17) is 4.74 Å². The minimum absolute atomic E-state index is 0.356. The predicted molar refractivity (Wildman–Crippen MR) is 85.3 cm³/mol. The van der Waals surface area contributed by atoms with Gasteiger partial charge in [0.1, 0.15) is 11.6 Å². The van der Waals surface area contributed by atoms with E-state index in [1.807, 2.05) is 26.8 Å². The van der Waals surface area contributed by atoms with Gasteiger partial charge in [0.2, 0.25) is 5.88 Å². The second-order valence-corrected chi connectivity index (χ2v) is 5.68. The minimum atomic E-state index is -0.356. The van der Waals surface area contributed by atoms with E-state index in [0.29, 0.717) is 22.6 Å². The number of aromatic nitrogens is 1. The third-order valence-electron chi connectivity index (χ3n) is 3.09. The molecule has 0 bridgehead atoms. The van der Waals surface area contributed by atoms with Crippen molar-refractivity contribution in [1.29, 1.82) is 0 Å². The molecule has 0 fully saturated rings. The van der Waals surface area contributed by atoms with E-state index in [-0.39, 0.29) is 5.82 Å². The molecule has 5 heteroatoms. The van der Waals surface area contributed by atoms with E-state index in [9.17, 15) is 4.39 Å². The standard InChI is InChI=1S/C16H18BrFN2O/c1-4-19-9-13-10(2)7-11(3)20-16(13)21-12-5-6-14(17)15(18)8-12/h5-8,19H,4,9H2,1-3H3. The van der Waals surface area contributed by atoms with Gasteiger partial charge in [-0.25, -0.2) is 9.37 Å². The van der Waals surface area contributed by atoms with E-state index >= 15 is 0 Å². The molecular formula is C16H18BrFN2O. The Morgan fingerprint density at radius 3 is 2.71 bits per heavy atom. The Morgan fingerprint density at radius 1 is 1.29 bits per heavy atom. The molecule has 1 N–H and O–H groups in total. The largest absolute Gasteiger partial charge is 0.439 e. The molecule has 21 heavy (non-hydrogen) atoms. The molecule has 0 radical (unpaired) electrons. The topological polar surface area (TPSA) is 34.2 Å². The van der Waals surface area contributed by atoms with E-state index in [2.05, 4.69) is 26.2 Å². The van der Waals surface area contributed by atoms with Gasteiger partial charge in [-0.1, -0.05) is 6.92 Å². The van der Waals surface area contributed by atoms with Gasteiger partial charge in [0.15, 0.2) is 0 Å². The number of pyridine rings is 1. The molecule has 0 saturated heterocycles. The number of hydrogen-bond donors (Lipinski definition) is 1. The highest BCUT2D eigenvalue weighted by atomic mass is 79.9. The quantitative estimate of drug-likeness (QED) is 0.859. The van der Waals surface area contributed by atoms with Gasteiger partial charge in [-0.3, -0.25) is 0 Å². The Labute approximate surface area is 132 Å². The van der Waals surface area contributed by atoms with Crippen molar-refractivity contribution in [2.24, 2.45) is 0 Å². The molecule has 1 aromatic heterocycles. The lowest BCUT2D eigenvalue weighted by Gasteiger charge is -2.14. The number of rotatable bonds is 5. The molecule has 0 aliphatic carbocycles. The van der Waals surface area contributed by atoms with Gasteiger partial charge < -0.3 is 10.1 Å². The molecule has 112 valence electrons. The smallest absolute Gasteiger partial charge is 0.224 e. The van der Waals surface area contributed by atoms with Crippen molar-refractivity contribution < 1.29 is 9.13 Å². The SMILES string of the molecule is CCNCc1c(C)cc(C)nc1Oc1ccc(Br)c(F)c1. The van der Waals surface area contributed by atoms with Crippen molar-refractivity contribution >= 4 is 15.9 Å². The van der Waals surface area contributed by atoms with Crippen LogP contribution in [-0.2, 0) is 6.54 Å². The maximum absolute atomic E-state index is 13.6. The lowest BCUT2D eigenvalue weighted by Crippen LogP contribution is -2.14. The fraction of sp³-hybridized carbons (Fsp3) is 0.312. The van der Waals surface area contributed by atoms with Crippen LogP contribution in [0, 0.1) is 19.7 Å². The van der Waals surface area contributed by atoms with Crippen LogP contribution in [0.4, 0.5) is 4.39 Å². The maximum atomic E-state index is 13.6. The molecule has 1 heterocycles. The average Bonchev–Trinajstić information content (AvgIpc) is 2.42. The van der Waals surface area contributed by atoms with E-state index in [1.165, 1.54) is 6.07 Å². The summed E-state index contributed by atoms with van der Waals surface area (Å²) in [5.41, 5.74) is 2.97. The summed E-state index contributed by atoms with van der Waals surface area (Å²) in [5, 5.41) is 3.27. The van der Waals surface area contributed by atoms with Crippen molar-refractivity contribution in [2.45, 2.75) is 27.3 Å². The summed E-state index contributed by atoms with van der Waals surface area (Å²) in [7, 11) is 0.